The van der Waals surface area contributed by atoms with E-state index in [9.17, 15) is 9.59 Å². The van der Waals surface area contributed by atoms with Crippen LogP contribution in [0.2, 0.25) is 5.02 Å². The van der Waals surface area contributed by atoms with E-state index in [2.05, 4.69) is 15.6 Å². The molecule has 0 fully saturated rings. The number of hydrogen-bond acceptors (Lipinski definition) is 5. The highest BCUT2D eigenvalue weighted by Crippen LogP contribution is 2.30. The van der Waals surface area contributed by atoms with Gasteiger partial charge in [0, 0.05) is 42.4 Å². The summed E-state index contributed by atoms with van der Waals surface area (Å²) in [5.41, 5.74) is 1.32. The monoisotopic (exact) mass is 453 g/mol. The molecule has 0 radical (unpaired) electrons. The van der Waals surface area contributed by atoms with Crippen molar-refractivity contribution in [3.63, 3.8) is 0 Å². The summed E-state index contributed by atoms with van der Waals surface area (Å²) in [7, 11) is 0. The number of halogens is 1. The van der Waals surface area contributed by atoms with Crippen molar-refractivity contribution >= 4 is 23.4 Å². The van der Waals surface area contributed by atoms with Gasteiger partial charge in [-0.3, -0.25) is 9.59 Å². The van der Waals surface area contributed by atoms with Crippen molar-refractivity contribution in [3.8, 4) is 17.4 Å². The third-order valence-corrected chi connectivity index (χ3v) is 4.65. The quantitative estimate of drug-likeness (QED) is 0.476. The molecule has 0 spiro atoms. The molecular weight excluding hydrogens is 430 g/mol. The molecule has 0 unspecified atom stereocenters. The minimum Gasteiger partial charge on any atom is -0.490 e. The fourth-order valence-electron chi connectivity index (χ4n) is 2.78. The molecule has 3 rings (SSSR count). The van der Waals surface area contributed by atoms with E-state index < -0.39 is 0 Å². The largest absolute Gasteiger partial charge is 0.490 e. The van der Waals surface area contributed by atoms with Crippen LogP contribution in [0.5, 0.6) is 17.4 Å². The predicted molar refractivity (Wildman–Crippen MR) is 122 cm³/mol. The molecule has 32 heavy (non-hydrogen) atoms. The van der Waals surface area contributed by atoms with Gasteiger partial charge in [0.1, 0.15) is 0 Å². The average Bonchev–Trinajstić information content (AvgIpc) is 2.80. The minimum absolute atomic E-state index is 0.169. The van der Waals surface area contributed by atoms with Crippen LogP contribution in [0, 0.1) is 0 Å². The van der Waals surface area contributed by atoms with Crippen molar-refractivity contribution in [3.05, 3.63) is 83.0 Å². The summed E-state index contributed by atoms with van der Waals surface area (Å²) in [5.74, 6) is 1.24. The highest BCUT2D eigenvalue weighted by molar-refractivity contribution is 6.30. The number of benzene rings is 2. The first-order valence-electron chi connectivity index (χ1n) is 10.2. The molecule has 0 saturated heterocycles. The Balaban J connectivity index is 1.41. The molecule has 0 atom stereocenters. The van der Waals surface area contributed by atoms with Crippen molar-refractivity contribution in [1.29, 1.82) is 0 Å². The molecule has 0 bridgehead atoms. The van der Waals surface area contributed by atoms with E-state index in [0.717, 1.165) is 5.56 Å². The first-order valence-corrected chi connectivity index (χ1v) is 10.6. The number of aromatic nitrogens is 1. The van der Waals surface area contributed by atoms with E-state index in [1.807, 2.05) is 37.3 Å². The fraction of sp³-hybridized carbons (Fsp3) is 0.208. The Labute approximate surface area is 191 Å². The summed E-state index contributed by atoms with van der Waals surface area (Å²) < 4.78 is 11.3. The van der Waals surface area contributed by atoms with Crippen LogP contribution in [0.1, 0.15) is 29.3 Å². The maximum absolute atomic E-state index is 12.0. The lowest BCUT2D eigenvalue weighted by Crippen LogP contribution is -2.30. The number of nitrogens with one attached hydrogen (secondary N) is 2. The number of pyridine rings is 1. The van der Waals surface area contributed by atoms with E-state index in [4.69, 9.17) is 21.1 Å². The average molecular weight is 454 g/mol. The zero-order chi connectivity index (χ0) is 22.8. The van der Waals surface area contributed by atoms with Crippen LogP contribution in [0.25, 0.3) is 0 Å². The van der Waals surface area contributed by atoms with Gasteiger partial charge in [-0.1, -0.05) is 29.8 Å². The molecule has 1 heterocycles. The third kappa shape index (κ3) is 6.99. The van der Waals surface area contributed by atoms with Gasteiger partial charge in [0.25, 0.3) is 5.91 Å². The van der Waals surface area contributed by atoms with Crippen molar-refractivity contribution < 1.29 is 19.1 Å². The highest BCUT2D eigenvalue weighted by atomic mass is 35.5. The smallest absolute Gasteiger partial charge is 0.251 e. The minimum atomic E-state index is -0.250. The van der Waals surface area contributed by atoms with Gasteiger partial charge in [0.05, 0.1) is 6.61 Å². The lowest BCUT2D eigenvalue weighted by Gasteiger charge is -2.11. The molecule has 3 aromatic rings. The van der Waals surface area contributed by atoms with E-state index >= 15 is 0 Å². The summed E-state index contributed by atoms with van der Waals surface area (Å²) in [6, 6.07) is 17.5. The molecule has 166 valence electrons. The van der Waals surface area contributed by atoms with Crippen LogP contribution in [-0.2, 0) is 11.3 Å². The van der Waals surface area contributed by atoms with Crippen LogP contribution in [0.4, 0.5) is 0 Å². The van der Waals surface area contributed by atoms with Gasteiger partial charge in [-0.05, 0) is 48.9 Å². The molecule has 2 N–H and O–H groups in total. The number of rotatable bonds is 10. The van der Waals surface area contributed by atoms with Crippen LogP contribution >= 0.6 is 11.6 Å². The van der Waals surface area contributed by atoms with Crippen molar-refractivity contribution in [2.45, 2.75) is 19.9 Å². The number of para-hydroxylation sites is 2. The maximum Gasteiger partial charge on any atom is 0.251 e. The Morgan fingerprint density at radius 1 is 0.969 bits per heavy atom. The normalized spacial score (nSPS) is 10.3. The van der Waals surface area contributed by atoms with Crippen LogP contribution < -0.4 is 20.1 Å². The molecule has 0 aliphatic rings. The van der Waals surface area contributed by atoms with Gasteiger partial charge in [0.2, 0.25) is 11.8 Å². The molecule has 7 nitrogen and oxygen atoms in total. The standard InChI is InChI=1S/C24H24ClN3O4/c1-2-31-20-5-3-4-6-21(20)32-23-12-7-17(16-28-23)15-27-22(29)13-14-26-24(30)18-8-10-19(25)11-9-18/h3-12,16H,2,13-15H2,1H3,(H,26,30)(H,27,29). The number of nitrogens with zero attached hydrogens (tertiary/aromatic N) is 1. The number of ether oxygens (including phenoxy) is 2. The molecule has 0 aliphatic heterocycles. The third-order valence-electron chi connectivity index (χ3n) is 4.39. The van der Waals surface area contributed by atoms with E-state index in [1.54, 1.807) is 36.5 Å². The zero-order valence-corrected chi connectivity index (χ0v) is 18.4. The maximum atomic E-state index is 12.0. The molecule has 1 aromatic heterocycles. The van der Waals surface area contributed by atoms with E-state index in [-0.39, 0.29) is 24.8 Å². The topological polar surface area (TPSA) is 89.5 Å². The van der Waals surface area contributed by atoms with Crippen LogP contribution in [0.3, 0.4) is 0 Å². The second-order valence-electron chi connectivity index (χ2n) is 6.78. The Hall–Kier alpha value is -3.58. The van der Waals surface area contributed by atoms with Gasteiger partial charge in [-0.15, -0.1) is 0 Å². The van der Waals surface area contributed by atoms with E-state index in [0.29, 0.717) is 41.1 Å². The second-order valence-corrected chi connectivity index (χ2v) is 7.21. The SMILES string of the molecule is CCOc1ccccc1Oc1ccc(CNC(=O)CCNC(=O)c2ccc(Cl)cc2)cn1. The molecule has 2 amide bonds. The molecule has 2 aromatic carbocycles. The summed E-state index contributed by atoms with van der Waals surface area (Å²) >= 11 is 5.81. The predicted octanol–water partition coefficient (Wildman–Crippen LogP) is 4.36. The number of carbonyl (C=O) groups is 2. The second kappa shape index (κ2) is 11.7. The first-order chi connectivity index (χ1) is 15.5. The summed E-state index contributed by atoms with van der Waals surface area (Å²) in [4.78, 5) is 28.4. The zero-order valence-electron chi connectivity index (χ0n) is 17.6. The number of hydrogen-bond donors (Lipinski definition) is 2. The summed E-state index contributed by atoms with van der Waals surface area (Å²) in [5, 5.41) is 6.08. The molecule has 0 saturated carbocycles. The lowest BCUT2D eigenvalue weighted by molar-refractivity contribution is -0.121. The van der Waals surface area contributed by atoms with E-state index in [1.165, 1.54) is 0 Å². The van der Waals surface area contributed by atoms with Crippen LogP contribution in [0.15, 0.2) is 66.9 Å². The fourth-order valence-corrected chi connectivity index (χ4v) is 2.91. The molecule has 0 aliphatic carbocycles. The highest BCUT2D eigenvalue weighted by Gasteiger charge is 2.08. The van der Waals surface area contributed by atoms with Crippen molar-refractivity contribution in [2.24, 2.45) is 0 Å². The van der Waals surface area contributed by atoms with Crippen molar-refractivity contribution in [2.75, 3.05) is 13.2 Å². The van der Waals surface area contributed by atoms with Gasteiger partial charge in [-0.25, -0.2) is 4.98 Å². The molecule has 8 heteroatoms. The first kappa shape index (κ1) is 23.1. The Morgan fingerprint density at radius 3 is 2.41 bits per heavy atom. The Kier molecular flexibility index (Phi) is 8.45. The Bertz CT molecular complexity index is 1040. The lowest BCUT2D eigenvalue weighted by atomic mass is 10.2. The molecular formula is C24H24ClN3O4. The van der Waals surface area contributed by atoms with Crippen molar-refractivity contribution in [1.82, 2.24) is 15.6 Å². The van der Waals surface area contributed by atoms with Crippen LogP contribution in [-0.4, -0.2) is 29.9 Å². The van der Waals surface area contributed by atoms with Gasteiger partial charge >= 0.3 is 0 Å². The number of amides is 2. The van der Waals surface area contributed by atoms with Gasteiger partial charge in [-0.2, -0.15) is 0 Å². The summed E-state index contributed by atoms with van der Waals surface area (Å²) in [6.07, 6.45) is 1.81. The Morgan fingerprint density at radius 2 is 1.72 bits per heavy atom. The summed E-state index contributed by atoms with van der Waals surface area (Å²) in [6.45, 7) is 3.01. The van der Waals surface area contributed by atoms with Gasteiger partial charge in [0.15, 0.2) is 11.5 Å². The number of carbonyl (C=O) groups excluding carboxylic acids is 2. The van der Waals surface area contributed by atoms with Gasteiger partial charge < -0.3 is 20.1 Å².